The molecule has 0 amide bonds. The zero-order valence-electron chi connectivity index (χ0n) is 49.5. The number of hydrogen-bond acceptors (Lipinski definition) is 1. The van der Waals surface area contributed by atoms with Gasteiger partial charge in [-0.25, -0.2) is 0 Å². The van der Waals surface area contributed by atoms with E-state index < -0.39 is 0 Å². The van der Waals surface area contributed by atoms with Crippen LogP contribution in [-0.2, 0) is 10.8 Å². The van der Waals surface area contributed by atoms with Crippen LogP contribution in [0.2, 0.25) is 0 Å². The monoisotopic (exact) mass is 1120 g/mol. The van der Waals surface area contributed by atoms with Crippen molar-refractivity contribution >= 4 is 82.5 Å². The fourth-order valence-corrected chi connectivity index (χ4v) is 15.5. The lowest BCUT2D eigenvalue weighted by atomic mass is 9.81. The van der Waals surface area contributed by atoms with Gasteiger partial charge in [-0.15, -0.1) is 0 Å². The first-order valence-corrected chi connectivity index (χ1v) is 30.8. The third kappa shape index (κ3) is 7.33. The van der Waals surface area contributed by atoms with Crippen LogP contribution in [0, 0.1) is 0 Å². The molecule has 0 atom stereocenters. The van der Waals surface area contributed by atoms with Crippen molar-refractivity contribution in [1.29, 1.82) is 0 Å². The Bertz CT molecular complexity index is 5220. The molecule has 0 N–H and O–H groups in total. The summed E-state index contributed by atoms with van der Waals surface area (Å²) in [7, 11) is 0. The minimum Gasteiger partial charge on any atom is -0.310 e. The van der Waals surface area contributed by atoms with Crippen molar-refractivity contribution in [3.63, 3.8) is 0 Å². The molecular weight excluding hydrogens is 1060 g/mol. The smallest absolute Gasteiger partial charge is 0.0541 e. The van der Waals surface area contributed by atoms with Gasteiger partial charge in [0, 0.05) is 77.3 Å². The fourth-order valence-electron chi connectivity index (χ4n) is 15.5. The van der Waals surface area contributed by atoms with Crippen molar-refractivity contribution < 1.29 is 0 Å². The normalized spacial score (nSPS) is 13.6. The van der Waals surface area contributed by atoms with Gasteiger partial charge in [0.1, 0.15) is 0 Å². The first-order chi connectivity index (χ1) is 43.2. The largest absolute Gasteiger partial charge is 0.310 e. The summed E-state index contributed by atoms with van der Waals surface area (Å²) in [5.74, 6) is 0. The Hall–Kier alpha value is -10.9. The van der Waals surface area contributed by atoms with Gasteiger partial charge in [0.05, 0.1) is 33.1 Å². The molecule has 16 aromatic rings. The summed E-state index contributed by atoms with van der Waals surface area (Å²) in [5, 5.41) is 7.60. The third-order valence-corrected chi connectivity index (χ3v) is 19.8. The zero-order valence-corrected chi connectivity index (χ0v) is 49.5. The van der Waals surface area contributed by atoms with Gasteiger partial charge < -0.3 is 18.6 Å². The van der Waals surface area contributed by atoms with Crippen molar-refractivity contribution in [1.82, 2.24) is 13.7 Å². The van der Waals surface area contributed by atoms with Gasteiger partial charge in [-0.3, -0.25) is 0 Å². The van der Waals surface area contributed by atoms with E-state index in [2.05, 4.69) is 337 Å². The van der Waals surface area contributed by atoms with Gasteiger partial charge in [-0.1, -0.05) is 204 Å². The molecule has 3 heterocycles. The average Bonchev–Trinajstić information content (AvgIpc) is 1.89. The summed E-state index contributed by atoms with van der Waals surface area (Å²) >= 11 is 0. The van der Waals surface area contributed by atoms with Crippen LogP contribution in [0.5, 0.6) is 0 Å². The maximum Gasteiger partial charge on any atom is 0.0541 e. The number of benzene rings is 13. The molecule has 0 saturated heterocycles. The van der Waals surface area contributed by atoms with Gasteiger partial charge >= 0.3 is 0 Å². The van der Waals surface area contributed by atoms with Gasteiger partial charge in [0.2, 0.25) is 0 Å². The van der Waals surface area contributed by atoms with Gasteiger partial charge in [-0.05, 0) is 182 Å². The molecule has 0 aliphatic heterocycles. The molecule has 0 fully saturated rings. The molecule has 0 unspecified atom stereocenters. The molecule has 3 aromatic heterocycles. The van der Waals surface area contributed by atoms with Gasteiger partial charge in [0.15, 0.2) is 0 Å². The summed E-state index contributed by atoms with van der Waals surface area (Å²) < 4.78 is 7.27. The average molecular weight is 1130 g/mol. The van der Waals surface area contributed by atoms with E-state index in [9.17, 15) is 0 Å². The number of fused-ring (bicyclic) bond motifs is 15. The molecule has 0 bridgehead atoms. The first-order valence-electron chi connectivity index (χ1n) is 30.8. The topological polar surface area (TPSA) is 18.0 Å². The molecule has 0 saturated carbocycles. The minimum absolute atomic E-state index is 0.278. The van der Waals surface area contributed by atoms with Crippen LogP contribution in [-0.4, -0.2) is 13.7 Å². The second-order valence-corrected chi connectivity index (χ2v) is 25.3. The Kier molecular flexibility index (Phi) is 10.8. The van der Waals surface area contributed by atoms with Crippen molar-refractivity contribution in [2.24, 2.45) is 0 Å². The predicted molar refractivity (Wildman–Crippen MR) is 370 cm³/mol. The van der Waals surface area contributed by atoms with Crippen LogP contribution >= 0.6 is 0 Å². The summed E-state index contributed by atoms with van der Waals surface area (Å²) in [6.07, 6.45) is 0. The molecular formula is C84H60N4. The van der Waals surface area contributed by atoms with E-state index in [1.807, 2.05) is 0 Å². The zero-order chi connectivity index (χ0) is 58.6. The highest BCUT2D eigenvalue weighted by atomic mass is 15.1. The number of aromatic nitrogens is 3. The summed E-state index contributed by atoms with van der Waals surface area (Å²) in [4.78, 5) is 2.49. The van der Waals surface area contributed by atoms with Crippen molar-refractivity contribution in [3.05, 3.63) is 313 Å². The highest BCUT2D eigenvalue weighted by Crippen LogP contribution is 2.55. The Balaban J connectivity index is 0.726. The van der Waals surface area contributed by atoms with Crippen molar-refractivity contribution in [2.45, 2.75) is 38.5 Å². The van der Waals surface area contributed by atoms with Crippen molar-refractivity contribution in [2.75, 3.05) is 4.90 Å². The quantitative estimate of drug-likeness (QED) is 0.148. The van der Waals surface area contributed by atoms with Crippen molar-refractivity contribution in [3.8, 4) is 61.6 Å². The predicted octanol–water partition coefficient (Wildman–Crippen LogP) is 22.4. The number of anilines is 3. The summed E-state index contributed by atoms with van der Waals surface area (Å²) in [6, 6.07) is 109. The number of hydrogen-bond donors (Lipinski definition) is 0. The Morgan fingerprint density at radius 1 is 0.227 bits per heavy atom. The second kappa shape index (κ2) is 18.8. The molecule has 0 spiro atoms. The minimum atomic E-state index is -0.278. The fraction of sp³-hybridized carbons (Fsp3) is 0.0714. The maximum atomic E-state index is 2.49. The molecule has 4 nitrogen and oxygen atoms in total. The van der Waals surface area contributed by atoms with Crippen LogP contribution in [0.25, 0.3) is 127 Å². The Morgan fingerprint density at radius 2 is 0.534 bits per heavy atom. The van der Waals surface area contributed by atoms with Gasteiger partial charge in [-0.2, -0.15) is 0 Å². The van der Waals surface area contributed by atoms with E-state index >= 15 is 0 Å². The van der Waals surface area contributed by atoms with E-state index in [1.54, 1.807) is 0 Å². The second-order valence-electron chi connectivity index (χ2n) is 25.3. The first kappa shape index (κ1) is 50.4. The van der Waals surface area contributed by atoms with Gasteiger partial charge in [0.25, 0.3) is 0 Å². The summed E-state index contributed by atoms with van der Waals surface area (Å²) in [5.41, 5.74) is 28.9. The van der Waals surface area contributed by atoms with Crippen LogP contribution in [0.15, 0.2) is 291 Å². The molecule has 18 rings (SSSR count). The third-order valence-electron chi connectivity index (χ3n) is 19.8. The number of para-hydroxylation sites is 6. The molecule has 4 heteroatoms. The lowest BCUT2D eigenvalue weighted by Crippen LogP contribution is -2.18. The molecule has 2 aliphatic rings. The van der Waals surface area contributed by atoms with E-state index in [0.717, 1.165) is 17.1 Å². The SMILES string of the molecule is CC1(C)c2cc(N(c3ccc(-c4ccc(-c5ccc6c(c5)c5ccccc5n6-c5ccccc5)cc4)cc3)c3ccc4c(c3)C(C)(C)c3cc(-n5c6ccccc6c6ccccc65)ccc3-4)ccc2-c2ccc(-n3c4ccccc4c4ccccc43)cc21. The maximum absolute atomic E-state index is 2.49. The highest BCUT2D eigenvalue weighted by Gasteiger charge is 2.39. The molecule has 88 heavy (non-hydrogen) atoms. The van der Waals surface area contributed by atoms with Crippen LogP contribution in [0.1, 0.15) is 49.9 Å². The highest BCUT2D eigenvalue weighted by molar-refractivity contribution is 6.12. The van der Waals surface area contributed by atoms with Crippen LogP contribution < -0.4 is 4.90 Å². The number of nitrogens with zero attached hydrogens (tertiary/aromatic N) is 4. The standard InChI is InChI=1S/C84H60N4/c1-83(2)73-49-59(39-43-63(73)65-45-41-61(51-75(65)83)87-77-25-13-8-20-67(77)68-21-9-14-26-78(68)87)85(60-40-44-64-66-46-42-62(52-76(66)84(3,4)74(64)50-60)88-79-27-15-10-22-69(79)70-23-11-16-28-80(70)88)58-37-34-54(35-38-58)53-30-32-55(33-31-53)56-36-47-82-72(48-56)71-24-12-17-29-81(71)86(82)57-18-6-5-7-19-57/h5-52H,1-4H3. The van der Waals surface area contributed by atoms with E-state index in [1.165, 1.54) is 149 Å². The lowest BCUT2D eigenvalue weighted by Gasteiger charge is -2.30. The van der Waals surface area contributed by atoms with E-state index in [4.69, 9.17) is 0 Å². The van der Waals surface area contributed by atoms with E-state index in [0.29, 0.717) is 0 Å². The Morgan fingerprint density at radius 3 is 0.966 bits per heavy atom. The molecule has 0 radical (unpaired) electrons. The van der Waals surface area contributed by atoms with Crippen LogP contribution in [0.3, 0.4) is 0 Å². The molecule has 416 valence electrons. The Labute approximate surface area is 511 Å². The summed E-state index contributed by atoms with van der Waals surface area (Å²) in [6.45, 7) is 9.64. The number of rotatable bonds is 8. The lowest BCUT2D eigenvalue weighted by molar-refractivity contribution is 0.659. The van der Waals surface area contributed by atoms with E-state index in [-0.39, 0.29) is 10.8 Å². The molecule has 13 aromatic carbocycles. The van der Waals surface area contributed by atoms with Crippen LogP contribution in [0.4, 0.5) is 17.1 Å². The molecule has 2 aliphatic carbocycles.